The third-order valence-electron chi connectivity index (χ3n) is 2.82. The maximum atomic E-state index is 6.07. The van der Waals surface area contributed by atoms with E-state index < -0.39 is 0 Å². The van der Waals surface area contributed by atoms with Crippen molar-refractivity contribution >= 4 is 17.4 Å². The molecule has 0 saturated heterocycles. The Morgan fingerprint density at radius 2 is 1.95 bits per heavy atom. The Hall–Kier alpha value is -0.840. The number of hydrogen-bond donors (Lipinski definition) is 1. The molecule has 0 aromatic carbocycles. The fraction of sp³-hybridized carbons (Fsp3) is 0.643. The summed E-state index contributed by atoms with van der Waals surface area (Å²) in [6.07, 6.45) is 0. The van der Waals surface area contributed by atoms with Crippen molar-refractivity contribution in [2.24, 2.45) is 11.7 Å². The Bertz CT molecular complexity index is 393. The largest absolute Gasteiger partial charge is 0.355 e. The highest BCUT2D eigenvalue weighted by molar-refractivity contribution is 6.31. The summed E-state index contributed by atoms with van der Waals surface area (Å²) < 4.78 is 0. The average Bonchev–Trinajstić information content (AvgIpc) is 2.34. The molecule has 1 aromatic rings. The molecule has 0 spiro atoms. The van der Waals surface area contributed by atoms with Crippen LogP contribution in [0.1, 0.15) is 19.5 Å². The van der Waals surface area contributed by atoms with Gasteiger partial charge >= 0.3 is 0 Å². The van der Waals surface area contributed by atoms with Crippen LogP contribution in [0.15, 0.2) is 12.1 Å². The zero-order chi connectivity index (χ0) is 14.4. The average molecular weight is 285 g/mol. The second-order valence-corrected chi connectivity index (χ2v) is 5.85. The molecule has 1 rings (SSSR count). The second-order valence-electron chi connectivity index (χ2n) is 5.45. The highest BCUT2D eigenvalue weighted by Gasteiger charge is 2.12. The lowest BCUT2D eigenvalue weighted by Gasteiger charge is -2.27. The predicted octanol–water partition coefficient (Wildman–Crippen LogP) is 2.22. The fourth-order valence-electron chi connectivity index (χ4n) is 1.85. The summed E-state index contributed by atoms with van der Waals surface area (Å²) in [6.45, 7) is 7.71. The molecule has 0 bridgehead atoms. The molecule has 0 atom stereocenters. The van der Waals surface area contributed by atoms with Gasteiger partial charge in [0.2, 0.25) is 0 Å². The smallest absolute Gasteiger partial charge is 0.129 e. The van der Waals surface area contributed by atoms with Gasteiger partial charge in [0, 0.05) is 26.2 Å². The van der Waals surface area contributed by atoms with Crippen molar-refractivity contribution in [1.82, 2.24) is 9.88 Å². The van der Waals surface area contributed by atoms with Crippen LogP contribution in [0.4, 0.5) is 5.82 Å². The summed E-state index contributed by atoms with van der Waals surface area (Å²) in [5.41, 5.74) is 6.43. The van der Waals surface area contributed by atoms with E-state index in [1.807, 2.05) is 12.1 Å². The predicted molar refractivity (Wildman–Crippen MR) is 82.7 cm³/mol. The molecule has 0 unspecified atom stereocenters. The van der Waals surface area contributed by atoms with Gasteiger partial charge in [-0.25, -0.2) is 4.98 Å². The van der Waals surface area contributed by atoms with Gasteiger partial charge in [-0.05, 0) is 32.1 Å². The first-order valence-electron chi connectivity index (χ1n) is 6.69. The molecule has 0 amide bonds. The molecule has 19 heavy (non-hydrogen) atoms. The highest BCUT2D eigenvalue weighted by Crippen LogP contribution is 2.19. The summed E-state index contributed by atoms with van der Waals surface area (Å²) in [7, 11) is 4.16. The lowest BCUT2D eigenvalue weighted by Crippen LogP contribution is -2.35. The molecule has 1 heterocycles. The van der Waals surface area contributed by atoms with E-state index >= 15 is 0 Å². The van der Waals surface area contributed by atoms with Crippen LogP contribution in [0, 0.1) is 5.92 Å². The number of halogens is 1. The normalized spacial score (nSPS) is 11.4. The van der Waals surface area contributed by atoms with Crippen molar-refractivity contribution in [3.8, 4) is 0 Å². The third kappa shape index (κ3) is 5.35. The SMILES string of the molecule is CC(C)CN(CCN(C)C)c1ccc(Cl)c(CN)n1. The van der Waals surface area contributed by atoms with Gasteiger partial charge in [-0.2, -0.15) is 0 Å². The van der Waals surface area contributed by atoms with Crippen LogP contribution in [0.5, 0.6) is 0 Å². The van der Waals surface area contributed by atoms with E-state index in [-0.39, 0.29) is 0 Å². The molecular formula is C14H25ClN4. The van der Waals surface area contributed by atoms with Gasteiger partial charge in [-0.1, -0.05) is 25.4 Å². The molecule has 1 aromatic heterocycles. The molecule has 5 heteroatoms. The van der Waals surface area contributed by atoms with Gasteiger partial charge in [0.1, 0.15) is 5.82 Å². The quantitative estimate of drug-likeness (QED) is 0.834. The Labute approximate surface area is 121 Å². The van der Waals surface area contributed by atoms with E-state index in [9.17, 15) is 0 Å². The number of nitrogens with zero attached hydrogens (tertiary/aromatic N) is 3. The molecule has 0 radical (unpaired) electrons. The zero-order valence-corrected chi connectivity index (χ0v) is 13.1. The van der Waals surface area contributed by atoms with E-state index in [0.29, 0.717) is 17.5 Å². The number of anilines is 1. The van der Waals surface area contributed by atoms with Crippen LogP contribution in [0.25, 0.3) is 0 Å². The Morgan fingerprint density at radius 1 is 1.26 bits per heavy atom. The van der Waals surface area contributed by atoms with Crippen molar-refractivity contribution in [1.29, 1.82) is 0 Å². The van der Waals surface area contributed by atoms with E-state index in [2.05, 4.69) is 42.7 Å². The van der Waals surface area contributed by atoms with Crippen molar-refractivity contribution in [3.63, 3.8) is 0 Å². The number of nitrogens with two attached hydrogens (primary N) is 1. The topological polar surface area (TPSA) is 45.4 Å². The van der Waals surface area contributed by atoms with Crippen molar-refractivity contribution < 1.29 is 0 Å². The summed E-state index contributed by atoms with van der Waals surface area (Å²) in [5.74, 6) is 1.54. The van der Waals surface area contributed by atoms with Crippen LogP contribution in [-0.2, 0) is 6.54 Å². The van der Waals surface area contributed by atoms with Crippen molar-refractivity contribution in [3.05, 3.63) is 22.8 Å². The first kappa shape index (κ1) is 16.2. The summed E-state index contributed by atoms with van der Waals surface area (Å²) in [6, 6.07) is 3.86. The lowest BCUT2D eigenvalue weighted by atomic mass is 10.2. The molecule has 0 fully saturated rings. The van der Waals surface area contributed by atoms with Gasteiger partial charge in [0.25, 0.3) is 0 Å². The van der Waals surface area contributed by atoms with E-state index in [1.165, 1.54) is 0 Å². The second kappa shape index (κ2) is 7.68. The van der Waals surface area contributed by atoms with Gasteiger partial charge < -0.3 is 15.5 Å². The molecule has 2 N–H and O–H groups in total. The van der Waals surface area contributed by atoms with Crippen LogP contribution >= 0.6 is 11.6 Å². The van der Waals surface area contributed by atoms with Crippen molar-refractivity contribution in [2.75, 3.05) is 38.6 Å². The highest BCUT2D eigenvalue weighted by atomic mass is 35.5. The minimum Gasteiger partial charge on any atom is -0.355 e. The molecule has 0 aliphatic heterocycles. The molecule has 0 aliphatic rings. The fourth-order valence-corrected chi connectivity index (χ4v) is 2.04. The Balaban J connectivity index is 2.89. The molecular weight excluding hydrogens is 260 g/mol. The standard InChI is InChI=1S/C14H25ClN4/c1-11(2)10-19(8-7-18(3)4)14-6-5-12(15)13(9-16)17-14/h5-6,11H,7-10,16H2,1-4H3. The Kier molecular flexibility index (Phi) is 6.55. The van der Waals surface area contributed by atoms with E-state index in [0.717, 1.165) is 31.1 Å². The summed E-state index contributed by atoms with van der Waals surface area (Å²) in [5, 5.41) is 0.642. The number of rotatable bonds is 7. The zero-order valence-electron chi connectivity index (χ0n) is 12.4. The number of likely N-dealkylation sites (N-methyl/N-ethyl adjacent to an activating group) is 1. The van der Waals surface area contributed by atoms with Gasteiger partial charge in [0.15, 0.2) is 0 Å². The van der Waals surface area contributed by atoms with E-state index in [4.69, 9.17) is 17.3 Å². The van der Waals surface area contributed by atoms with Crippen LogP contribution in [-0.4, -0.2) is 43.6 Å². The van der Waals surface area contributed by atoms with Crippen LogP contribution < -0.4 is 10.6 Å². The number of aromatic nitrogens is 1. The monoisotopic (exact) mass is 284 g/mol. The lowest BCUT2D eigenvalue weighted by molar-refractivity contribution is 0.408. The maximum absolute atomic E-state index is 6.07. The summed E-state index contributed by atoms with van der Waals surface area (Å²) in [4.78, 5) is 9.04. The van der Waals surface area contributed by atoms with Crippen molar-refractivity contribution in [2.45, 2.75) is 20.4 Å². The summed E-state index contributed by atoms with van der Waals surface area (Å²) >= 11 is 6.07. The minimum atomic E-state index is 0.371. The van der Waals surface area contributed by atoms with Crippen LogP contribution in [0.2, 0.25) is 5.02 Å². The van der Waals surface area contributed by atoms with Crippen LogP contribution in [0.3, 0.4) is 0 Å². The maximum Gasteiger partial charge on any atom is 0.129 e. The first-order chi connectivity index (χ1) is 8.93. The van der Waals surface area contributed by atoms with E-state index in [1.54, 1.807) is 0 Å². The van der Waals surface area contributed by atoms with Gasteiger partial charge in [-0.3, -0.25) is 0 Å². The van der Waals surface area contributed by atoms with Gasteiger partial charge in [-0.15, -0.1) is 0 Å². The molecule has 4 nitrogen and oxygen atoms in total. The Morgan fingerprint density at radius 3 is 2.47 bits per heavy atom. The van der Waals surface area contributed by atoms with Gasteiger partial charge in [0.05, 0.1) is 10.7 Å². The first-order valence-corrected chi connectivity index (χ1v) is 7.07. The minimum absolute atomic E-state index is 0.371. The number of hydrogen-bond acceptors (Lipinski definition) is 4. The number of pyridine rings is 1. The molecule has 0 aliphatic carbocycles. The molecule has 0 saturated carbocycles. The third-order valence-corrected chi connectivity index (χ3v) is 3.17. The molecule has 108 valence electrons.